The number of fused-ring (bicyclic) bond motifs is 1. The van der Waals surface area contributed by atoms with Crippen molar-refractivity contribution in [3.8, 4) is 5.06 Å². The molecule has 0 unspecified atom stereocenters. The zero-order valence-corrected chi connectivity index (χ0v) is 9.96. The highest BCUT2D eigenvalue weighted by molar-refractivity contribution is 9.10. The van der Waals surface area contributed by atoms with Crippen molar-refractivity contribution in [2.45, 2.75) is 0 Å². The minimum absolute atomic E-state index is 0.754. The molecule has 0 bridgehead atoms. The first kappa shape index (κ1) is 9.31. The first-order valence-corrected chi connectivity index (χ1v) is 5.63. The highest BCUT2D eigenvalue weighted by atomic mass is 79.9. The Kier molecular flexibility index (Phi) is 2.49. The Bertz CT molecular complexity index is 452. The molecule has 0 aliphatic heterocycles. The first-order valence-electron chi connectivity index (χ1n) is 3.64. The lowest BCUT2D eigenvalue weighted by molar-refractivity contribution is 0.425. The van der Waals surface area contributed by atoms with Crippen molar-refractivity contribution in [3.63, 3.8) is 0 Å². The molecule has 0 spiro atoms. The maximum atomic E-state index is 6.05. The van der Waals surface area contributed by atoms with E-state index in [0.29, 0.717) is 0 Å². The van der Waals surface area contributed by atoms with Crippen molar-refractivity contribution in [2.24, 2.45) is 0 Å². The monoisotopic (exact) mass is 276 g/mol. The van der Waals surface area contributed by atoms with E-state index in [-0.39, 0.29) is 0 Å². The van der Waals surface area contributed by atoms with Gasteiger partial charge in [-0.25, -0.2) is 0 Å². The van der Waals surface area contributed by atoms with Crippen LogP contribution in [-0.2, 0) is 0 Å². The third-order valence-corrected chi connectivity index (χ3v) is 4.21. The van der Waals surface area contributed by atoms with Gasteiger partial charge in [-0.3, -0.25) is 0 Å². The predicted octanol–water partition coefficient (Wildman–Crippen LogP) is 4.33. The molecule has 0 saturated heterocycles. The second kappa shape index (κ2) is 3.48. The lowest BCUT2D eigenvalue weighted by Crippen LogP contribution is -1.76. The van der Waals surface area contributed by atoms with Crippen molar-refractivity contribution in [3.05, 3.63) is 27.7 Å². The minimum atomic E-state index is 0.754. The van der Waals surface area contributed by atoms with Gasteiger partial charge in [0, 0.05) is 10.1 Å². The topological polar surface area (TPSA) is 9.23 Å². The van der Waals surface area contributed by atoms with Crippen LogP contribution in [0.2, 0.25) is 5.02 Å². The summed E-state index contributed by atoms with van der Waals surface area (Å²) in [6, 6.07) is 5.84. The van der Waals surface area contributed by atoms with Gasteiger partial charge >= 0.3 is 0 Å². The molecule has 2 aromatic rings. The molecule has 68 valence electrons. The molecule has 1 heterocycles. The molecule has 0 N–H and O–H groups in total. The van der Waals surface area contributed by atoms with E-state index >= 15 is 0 Å². The van der Waals surface area contributed by atoms with E-state index in [1.807, 2.05) is 18.2 Å². The Labute approximate surface area is 93.4 Å². The van der Waals surface area contributed by atoms with Crippen molar-refractivity contribution in [2.75, 3.05) is 7.11 Å². The molecule has 1 aromatic carbocycles. The van der Waals surface area contributed by atoms with Crippen LogP contribution in [0, 0.1) is 0 Å². The van der Waals surface area contributed by atoms with E-state index in [9.17, 15) is 0 Å². The Balaban J connectivity index is 2.85. The second-order valence-electron chi connectivity index (χ2n) is 2.52. The average Bonchev–Trinajstić information content (AvgIpc) is 2.44. The van der Waals surface area contributed by atoms with Crippen LogP contribution in [0.5, 0.6) is 5.06 Å². The third kappa shape index (κ3) is 1.45. The van der Waals surface area contributed by atoms with Gasteiger partial charge in [0.1, 0.15) is 0 Å². The maximum absolute atomic E-state index is 6.05. The van der Waals surface area contributed by atoms with Crippen molar-refractivity contribution < 1.29 is 4.74 Å². The summed E-state index contributed by atoms with van der Waals surface area (Å²) < 4.78 is 7.28. The summed E-state index contributed by atoms with van der Waals surface area (Å²) in [7, 11) is 1.66. The molecule has 0 atom stereocenters. The fraction of sp³-hybridized carbons (Fsp3) is 0.111. The van der Waals surface area contributed by atoms with Crippen LogP contribution in [0.4, 0.5) is 0 Å². The molecule has 0 radical (unpaired) electrons. The maximum Gasteiger partial charge on any atom is 0.189 e. The molecule has 0 fully saturated rings. The summed E-state index contributed by atoms with van der Waals surface area (Å²) in [5.41, 5.74) is 0. The summed E-state index contributed by atoms with van der Waals surface area (Å²) in [5.74, 6) is 0. The van der Waals surface area contributed by atoms with Crippen LogP contribution < -0.4 is 4.74 Å². The summed E-state index contributed by atoms with van der Waals surface area (Å²) in [4.78, 5) is 0. The Hall–Kier alpha value is -0.250. The molecule has 1 nitrogen and oxygen atoms in total. The molecule has 4 heteroatoms. The lowest BCUT2D eigenvalue weighted by Gasteiger charge is -1.94. The van der Waals surface area contributed by atoms with Gasteiger partial charge < -0.3 is 4.74 Å². The average molecular weight is 278 g/mol. The smallest absolute Gasteiger partial charge is 0.189 e. The Morgan fingerprint density at radius 1 is 1.46 bits per heavy atom. The molecule has 0 saturated carbocycles. The summed E-state index contributed by atoms with van der Waals surface area (Å²) in [5, 5.41) is 2.65. The Morgan fingerprint density at radius 3 is 2.85 bits per heavy atom. The van der Waals surface area contributed by atoms with Gasteiger partial charge in [0.25, 0.3) is 0 Å². The highest BCUT2D eigenvalue weighted by Crippen LogP contribution is 2.44. The van der Waals surface area contributed by atoms with Crippen LogP contribution in [0.1, 0.15) is 0 Å². The quantitative estimate of drug-likeness (QED) is 0.754. The van der Waals surface area contributed by atoms with Crippen molar-refractivity contribution in [1.82, 2.24) is 0 Å². The molecule has 13 heavy (non-hydrogen) atoms. The van der Waals surface area contributed by atoms with Gasteiger partial charge in [-0.2, -0.15) is 0 Å². The zero-order valence-electron chi connectivity index (χ0n) is 6.80. The van der Waals surface area contributed by atoms with Gasteiger partial charge in [0.2, 0.25) is 0 Å². The molecule has 2 rings (SSSR count). The SMILES string of the molecule is COc1sc2cccc(Cl)c2c1Br. The number of methoxy groups -OCH3 is 1. The molecular weight excluding hydrogens is 272 g/mol. The van der Waals surface area contributed by atoms with Crippen molar-refractivity contribution in [1.29, 1.82) is 0 Å². The summed E-state index contributed by atoms with van der Waals surface area (Å²) in [6.07, 6.45) is 0. The number of halogens is 2. The molecule has 0 aliphatic carbocycles. The molecule has 0 aliphatic rings. The van der Waals surface area contributed by atoms with Crippen LogP contribution >= 0.6 is 38.9 Å². The van der Waals surface area contributed by atoms with Gasteiger partial charge in [-0.15, -0.1) is 0 Å². The molecule has 1 aromatic heterocycles. The largest absolute Gasteiger partial charge is 0.486 e. The highest BCUT2D eigenvalue weighted by Gasteiger charge is 2.12. The van der Waals surface area contributed by atoms with Crippen molar-refractivity contribution >= 4 is 49.0 Å². The van der Waals surface area contributed by atoms with Crippen LogP contribution in [0.15, 0.2) is 22.7 Å². The number of hydrogen-bond donors (Lipinski definition) is 0. The number of hydrogen-bond acceptors (Lipinski definition) is 2. The second-order valence-corrected chi connectivity index (χ2v) is 4.74. The Morgan fingerprint density at radius 2 is 2.23 bits per heavy atom. The third-order valence-electron chi connectivity index (χ3n) is 1.76. The molecule has 0 amide bonds. The fourth-order valence-corrected chi connectivity index (χ4v) is 3.52. The predicted molar refractivity (Wildman–Crippen MR) is 61.1 cm³/mol. The number of benzene rings is 1. The number of ether oxygens (including phenoxy) is 1. The van der Waals surface area contributed by atoms with E-state index in [0.717, 1.165) is 24.6 Å². The number of thiophene rings is 1. The van der Waals surface area contributed by atoms with Crippen LogP contribution in [0.25, 0.3) is 10.1 Å². The minimum Gasteiger partial charge on any atom is -0.486 e. The normalized spacial score (nSPS) is 10.7. The van der Waals surface area contributed by atoms with E-state index in [4.69, 9.17) is 16.3 Å². The van der Waals surface area contributed by atoms with Crippen LogP contribution in [-0.4, -0.2) is 7.11 Å². The molecular formula is C9H6BrClOS. The van der Waals surface area contributed by atoms with Gasteiger partial charge in [0.15, 0.2) is 5.06 Å². The van der Waals surface area contributed by atoms with Crippen LogP contribution in [0.3, 0.4) is 0 Å². The standard InChI is InChI=1S/C9H6BrClOS/c1-12-9-8(10)7-5(11)3-2-4-6(7)13-9/h2-4H,1H3. The van der Waals surface area contributed by atoms with E-state index in [1.54, 1.807) is 18.4 Å². The van der Waals surface area contributed by atoms with E-state index in [1.165, 1.54) is 0 Å². The van der Waals surface area contributed by atoms with Gasteiger partial charge in [-0.05, 0) is 28.1 Å². The number of rotatable bonds is 1. The van der Waals surface area contributed by atoms with E-state index in [2.05, 4.69) is 15.9 Å². The van der Waals surface area contributed by atoms with E-state index < -0.39 is 0 Å². The first-order chi connectivity index (χ1) is 6.24. The van der Waals surface area contributed by atoms with Gasteiger partial charge in [0.05, 0.1) is 16.6 Å². The fourth-order valence-electron chi connectivity index (χ4n) is 1.18. The zero-order chi connectivity index (χ0) is 9.42. The lowest BCUT2D eigenvalue weighted by atomic mass is 10.3. The summed E-state index contributed by atoms with van der Waals surface area (Å²) in [6.45, 7) is 0. The van der Waals surface area contributed by atoms with Gasteiger partial charge in [-0.1, -0.05) is 29.0 Å². The summed E-state index contributed by atoms with van der Waals surface area (Å²) >= 11 is 11.1.